The van der Waals surface area contributed by atoms with Crippen LogP contribution in [0.4, 0.5) is 0 Å². The molecule has 1 atom stereocenters. The van der Waals surface area contributed by atoms with E-state index in [0.29, 0.717) is 0 Å². The Hall–Kier alpha value is -1.74. The second kappa shape index (κ2) is 4.98. The van der Waals surface area contributed by atoms with Gasteiger partial charge in [-0.1, -0.05) is 42.5 Å². The van der Waals surface area contributed by atoms with Crippen LogP contribution in [-0.2, 0) is 5.75 Å². The molecule has 0 fully saturated rings. The minimum absolute atomic E-state index is 0.264. The zero-order chi connectivity index (χ0) is 13.4. The standard InChI is InChI=1S/C17H16N2S/c1-2-6-13-12(5-1)11-20-15-8-4-3-7-14(15)16(13)17-18-9-10-19-17/h1-8,16H,9-11H2,(H,18,19)/t16-/m1/s1. The molecule has 0 bridgehead atoms. The van der Waals surface area contributed by atoms with Gasteiger partial charge in [-0.15, -0.1) is 11.8 Å². The molecule has 4 rings (SSSR count). The number of rotatable bonds is 1. The number of fused-ring (bicyclic) bond motifs is 2. The van der Waals surface area contributed by atoms with Crippen LogP contribution in [0.3, 0.4) is 0 Å². The molecule has 2 aliphatic rings. The van der Waals surface area contributed by atoms with Crippen molar-refractivity contribution >= 4 is 17.6 Å². The van der Waals surface area contributed by atoms with E-state index in [1.165, 1.54) is 21.6 Å². The first-order chi connectivity index (χ1) is 9.93. The molecule has 0 amide bonds. The van der Waals surface area contributed by atoms with Crippen molar-refractivity contribution in [2.75, 3.05) is 13.1 Å². The predicted molar refractivity (Wildman–Crippen MR) is 84.6 cm³/mol. The minimum Gasteiger partial charge on any atom is -0.371 e. The predicted octanol–water partition coefficient (Wildman–Crippen LogP) is 3.43. The van der Waals surface area contributed by atoms with Crippen LogP contribution in [0.15, 0.2) is 58.4 Å². The van der Waals surface area contributed by atoms with E-state index in [-0.39, 0.29) is 5.92 Å². The highest BCUT2D eigenvalue weighted by Crippen LogP contribution is 2.41. The molecule has 0 aromatic heterocycles. The van der Waals surface area contributed by atoms with Crippen molar-refractivity contribution in [1.29, 1.82) is 0 Å². The van der Waals surface area contributed by atoms with E-state index in [2.05, 4.69) is 53.8 Å². The van der Waals surface area contributed by atoms with E-state index in [1.54, 1.807) is 0 Å². The van der Waals surface area contributed by atoms with Gasteiger partial charge in [0.05, 0.1) is 12.5 Å². The quantitative estimate of drug-likeness (QED) is 0.865. The molecule has 2 nitrogen and oxygen atoms in total. The SMILES string of the molecule is c1ccc2c(c1)CSc1ccccc1[C@@H]2C1=NCCN1. The van der Waals surface area contributed by atoms with Gasteiger partial charge < -0.3 is 5.32 Å². The van der Waals surface area contributed by atoms with Crippen LogP contribution >= 0.6 is 11.8 Å². The molecule has 2 aromatic rings. The first kappa shape index (κ1) is 12.0. The minimum atomic E-state index is 0.264. The second-order valence-electron chi connectivity index (χ2n) is 5.15. The summed E-state index contributed by atoms with van der Waals surface area (Å²) >= 11 is 1.93. The van der Waals surface area contributed by atoms with Gasteiger partial charge in [-0.25, -0.2) is 0 Å². The molecule has 0 unspecified atom stereocenters. The molecule has 2 aliphatic heterocycles. The molecule has 2 heterocycles. The molecular weight excluding hydrogens is 264 g/mol. The first-order valence-corrected chi connectivity index (χ1v) is 8.00. The molecule has 0 spiro atoms. The van der Waals surface area contributed by atoms with E-state index >= 15 is 0 Å². The van der Waals surface area contributed by atoms with E-state index in [4.69, 9.17) is 4.99 Å². The smallest absolute Gasteiger partial charge is 0.109 e. The normalized spacial score (nSPS) is 20.4. The summed E-state index contributed by atoms with van der Waals surface area (Å²) < 4.78 is 0. The maximum Gasteiger partial charge on any atom is 0.109 e. The molecule has 1 N–H and O–H groups in total. The van der Waals surface area contributed by atoms with E-state index in [1.807, 2.05) is 11.8 Å². The average Bonchev–Trinajstić information content (AvgIpc) is 2.96. The van der Waals surface area contributed by atoms with Gasteiger partial charge in [0.2, 0.25) is 0 Å². The average molecular weight is 280 g/mol. The van der Waals surface area contributed by atoms with Gasteiger partial charge in [0.1, 0.15) is 5.84 Å². The Labute approximate surface area is 123 Å². The molecule has 100 valence electrons. The summed E-state index contributed by atoms with van der Waals surface area (Å²) in [6.45, 7) is 1.85. The summed E-state index contributed by atoms with van der Waals surface area (Å²) in [5.41, 5.74) is 4.21. The highest BCUT2D eigenvalue weighted by Gasteiger charge is 2.28. The van der Waals surface area contributed by atoms with Crippen molar-refractivity contribution in [2.24, 2.45) is 4.99 Å². The summed E-state index contributed by atoms with van der Waals surface area (Å²) in [6.07, 6.45) is 0. The number of thioether (sulfide) groups is 1. The molecule has 3 heteroatoms. The fraction of sp³-hybridized carbons (Fsp3) is 0.235. The lowest BCUT2D eigenvalue weighted by molar-refractivity contribution is 0.926. The lowest BCUT2D eigenvalue weighted by Gasteiger charge is -2.20. The maximum absolute atomic E-state index is 4.70. The van der Waals surface area contributed by atoms with Gasteiger partial charge >= 0.3 is 0 Å². The van der Waals surface area contributed by atoms with Crippen LogP contribution < -0.4 is 5.32 Å². The molecule has 0 radical (unpaired) electrons. The lowest BCUT2D eigenvalue weighted by Crippen LogP contribution is -2.27. The molecule has 0 aliphatic carbocycles. The topological polar surface area (TPSA) is 24.4 Å². The van der Waals surface area contributed by atoms with Crippen molar-refractivity contribution in [2.45, 2.75) is 16.6 Å². The number of nitrogens with zero attached hydrogens (tertiary/aromatic N) is 1. The maximum atomic E-state index is 4.70. The summed E-state index contributed by atoms with van der Waals surface area (Å²) in [7, 11) is 0. The molecule has 0 saturated carbocycles. The Morgan fingerprint density at radius 3 is 2.65 bits per heavy atom. The Morgan fingerprint density at radius 1 is 1.00 bits per heavy atom. The Bertz CT molecular complexity index is 631. The molecule has 2 aromatic carbocycles. The fourth-order valence-corrected chi connectivity index (χ4v) is 4.13. The summed E-state index contributed by atoms with van der Waals surface area (Å²) in [4.78, 5) is 6.07. The number of aliphatic imine (C=N–C) groups is 1. The van der Waals surface area contributed by atoms with E-state index in [9.17, 15) is 0 Å². The van der Waals surface area contributed by atoms with Crippen molar-refractivity contribution in [3.63, 3.8) is 0 Å². The van der Waals surface area contributed by atoms with Crippen molar-refractivity contribution in [1.82, 2.24) is 5.32 Å². The third-order valence-electron chi connectivity index (χ3n) is 3.95. The second-order valence-corrected chi connectivity index (χ2v) is 6.17. The van der Waals surface area contributed by atoms with Gasteiger partial charge in [-0.2, -0.15) is 0 Å². The van der Waals surface area contributed by atoms with Crippen LogP contribution in [0.1, 0.15) is 22.6 Å². The van der Waals surface area contributed by atoms with E-state index < -0.39 is 0 Å². The molecule has 0 saturated heterocycles. The number of hydrogen-bond acceptors (Lipinski definition) is 3. The third-order valence-corrected chi connectivity index (χ3v) is 5.09. The van der Waals surface area contributed by atoms with Crippen LogP contribution in [0.25, 0.3) is 0 Å². The Morgan fingerprint density at radius 2 is 1.80 bits per heavy atom. The van der Waals surface area contributed by atoms with Crippen LogP contribution in [-0.4, -0.2) is 18.9 Å². The van der Waals surface area contributed by atoms with E-state index in [0.717, 1.165) is 24.7 Å². The fourth-order valence-electron chi connectivity index (χ4n) is 3.02. The van der Waals surface area contributed by atoms with Gasteiger partial charge in [0.15, 0.2) is 0 Å². The van der Waals surface area contributed by atoms with Gasteiger partial charge in [0.25, 0.3) is 0 Å². The number of amidine groups is 1. The van der Waals surface area contributed by atoms with Crippen LogP contribution in [0.2, 0.25) is 0 Å². The van der Waals surface area contributed by atoms with Crippen LogP contribution in [0, 0.1) is 0 Å². The summed E-state index contributed by atoms with van der Waals surface area (Å²) in [5.74, 6) is 2.43. The first-order valence-electron chi connectivity index (χ1n) is 7.01. The number of benzene rings is 2. The zero-order valence-corrected chi connectivity index (χ0v) is 12.0. The molecule has 20 heavy (non-hydrogen) atoms. The van der Waals surface area contributed by atoms with Gasteiger partial charge in [-0.05, 0) is 22.8 Å². The van der Waals surface area contributed by atoms with Crippen molar-refractivity contribution in [3.05, 3.63) is 65.2 Å². The number of hydrogen-bond donors (Lipinski definition) is 1. The lowest BCUT2D eigenvalue weighted by atomic mass is 9.87. The molecular formula is C17H16N2S. The highest BCUT2D eigenvalue weighted by molar-refractivity contribution is 7.98. The number of nitrogens with one attached hydrogen (secondary N) is 1. The monoisotopic (exact) mass is 280 g/mol. The zero-order valence-electron chi connectivity index (χ0n) is 11.2. The van der Waals surface area contributed by atoms with Gasteiger partial charge in [-0.3, -0.25) is 4.99 Å². The van der Waals surface area contributed by atoms with Crippen LogP contribution in [0.5, 0.6) is 0 Å². The van der Waals surface area contributed by atoms with Gasteiger partial charge in [0, 0.05) is 17.2 Å². The Kier molecular flexibility index (Phi) is 3.00. The summed E-state index contributed by atoms with van der Waals surface area (Å²) in [5, 5.41) is 3.48. The highest BCUT2D eigenvalue weighted by atomic mass is 32.2. The summed E-state index contributed by atoms with van der Waals surface area (Å²) in [6, 6.07) is 17.5. The Balaban J connectivity index is 1.94. The third kappa shape index (κ3) is 1.93. The van der Waals surface area contributed by atoms with Crippen molar-refractivity contribution < 1.29 is 0 Å². The van der Waals surface area contributed by atoms with Crippen molar-refractivity contribution in [3.8, 4) is 0 Å². The largest absolute Gasteiger partial charge is 0.371 e.